The molecule has 110 valence electrons. The Kier molecular flexibility index (Phi) is 8.27. The molecule has 0 saturated carbocycles. The summed E-state index contributed by atoms with van der Waals surface area (Å²) in [7, 11) is 0. The molecule has 0 bridgehead atoms. The maximum Gasteiger partial charge on any atom is 0.326 e. The summed E-state index contributed by atoms with van der Waals surface area (Å²) in [6, 6.07) is -1.76. The fourth-order valence-electron chi connectivity index (χ4n) is 1.21. The molecule has 0 aromatic rings. The molecule has 0 aliphatic rings. The van der Waals surface area contributed by atoms with Gasteiger partial charge in [0.1, 0.15) is 6.04 Å². The average Bonchev–Trinajstić information content (AvgIpc) is 2.29. The van der Waals surface area contributed by atoms with Gasteiger partial charge in [-0.3, -0.25) is 4.79 Å². The highest BCUT2D eigenvalue weighted by Gasteiger charge is 2.20. The Morgan fingerprint density at radius 1 is 1.32 bits per heavy atom. The van der Waals surface area contributed by atoms with Gasteiger partial charge in [-0.25, -0.2) is 9.59 Å². The van der Waals surface area contributed by atoms with Crippen LogP contribution in [0.2, 0.25) is 0 Å². The van der Waals surface area contributed by atoms with E-state index in [4.69, 9.17) is 15.6 Å². The molecule has 0 fully saturated rings. The molecule has 0 saturated heterocycles. The number of aliphatic carboxylic acids is 1. The monoisotopic (exact) mass is 275 g/mol. The first-order valence-electron chi connectivity index (χ1n) is 6.00. The minimum Gasteiger partial charge on any atom is -0.480 e. The van der Waals surface area contributed by atoms with Crippen LogP contribution in [0.25, 0.3) is 0 Å². The van der Waals surface area contributed by atoms with Crippen molar-refractivity contribution in [3.63, 3.8) is 0 Å². The third-order valence-corrected chi connectivity index (χ3v) is 2.12. The molecule has 19 heavy (non-hydrogen) atoms. The maximum atomic E-state index is 11.4. The first kappa shape index (κ1) is 17.2. The molecule has 0 rings (SSSR count). The number of hydrogen-bond donors (Lipinski definition) is 4. The lowest BCUT2D eigenvalue weighted by Gasteiger charge is -2.14. The second-order valence-electron chi connectivity index (χ2n) is 4.22. The Labute approximate surface area is 111 Å². The minimum atomic E-state index is -1.21. The molecule has 1 unspecified atom stereocenters. The van der Waals surface area contributed by atoms with Crippen molar-refractivity contribution >= 4 is 17.9 Å². The summed E-state index contributed by atoms with van der Waals surface area (Å²) >= 11 is 0. The van der Waals surface area contributed by atoms with E-state index in [0.29, 0.717) is 6.61 Å². The minimum absolute atomic E-state index is 0.0411. The number of nitrogens with two attached hydrogens (primary N) is 1. The lowest BCUT2D eigenvalue weighted by Crippen LogP contribution is -2.47. The highest BCUT2D eigenvalue weighted by atomic mass is 16.5. The summed E-state index contributed by atoms with van der Waals surface area (Å²) < 4.78 is 5.20. The van der Waals surface area contributed by atoms with Crippen molar-refractivity contribution in [1.29, 1.82) is 0 Å². The molecule has 1 atom stereocenters. The zero-order valence-electron chi connectivity index (χ0n) is 11.1. The van der Waals surface area contributed by atoms with Crippen molar-refractivity contribution in [2.24, 2.45) is 5.73 Å². The van der Waals surface area contributed by atoms with Gasteiger partial charge in [0, 0.05) is 13.0 Å². The first-order chi connectivity index (χ1) is 8.82. The Morgan fingerprint density at radius 2 is 1.95 bits per heavy atom. The Bertz CT molecular complexity index is 319. The number of carbonyl (C=O) groups excluding carboxylic acids is 2. The molecule has 0 aromatic heterocycles. The Morgan fingerprint density at radius 3 is 2.42 bits per heavy atom. The predicted molar refractivity (Wildman–Crippen MR) is 67.5 cm³/mol. The van der Waals surface area contributed by atoms with E-state index >= 15 is 0 Å². The van der Waals surface area contributed by atoms with Crippen molar-refractivity contribution in [2.45, 2.75) is 38.8 Å². The number of carboxylic acids is 1. The van der Waals surface area contributed by atoms with Crippen molar-refractivity contribution in [1.82, 2.24) is 10.6 Å². The maximum absolute atomic E-state index is 11.4. The van der Waals surface area contributed by atoms with Gasteiger partial charge in [-0.05, 0) is 20.3 Å². The molecule has 0 aliphatic carbocycles. The van der Waals surface area contributed by atoms with E-state index in [2.05, 4.69) is 10.6 Å². The average molecular weight is 275 g/mol. The standard InChI is InChI=1S/C11H21N3O5/c1-7(2)19-6-5-13-11(18)14-8(10(16)17)3-4-9(12)15/h7-8H,3-6H2,1-2H3,(H2,12,15)(H,16,17)(H2,13,14,18). The third kappa shape index (κ3) is 9.83. The van der Waals surface area contributed by atoms with Gasteiger partial charge in [-0.15, -0.1) is 0 Å². The van der Waals surface area contributed by atoms with Crippen LogP contribution in [0.3, 0.4) is 0 Å². The second-order valence-corrected chi connectivity index (χ2v) is 4.22. The van der Waals surface area contributed by atoms with Crippen LogP contribution in [0.5, 0.6) is 0 Å². The molecule has 0 heterocycles. The van der Waals surface area contributed by atoms with Gasteiger partial charge < -0.3 is 26.2 Å². The van der Waals surface area contributed by atoms with Crippen LogP contribution in [0.15, 0.2) is 0 Å². The van der Waals surface area contributed by atoms with Gasteiger partial charge in [0.2, 0.25) is 5.91 Å². The summed E-state index contributed by atoms with van der Waals surface area (Å²) in [4.78, 5) is 32.8. The second kappa shape index (κ2) is 9.15. The van der Waals surface area contributed by atoms with Crippen LogP contribution in [0.1, 0.15) is 26.7 Å². The molecule has 0 aromatic carbocycles. The van der Waals surface area contributed by atoms with Crippen molar-refractivity contribution in [2.75, 3.05) is 13.2 Å². The van der Waals surface area contributed by atoms with E-state index in [1.165, 1.54) is 0 Å². The number of rotatable bonds is 9. The van der Waals surface area contributed by atoms with E-state index in [0.717, 1.165) is 0 Å². The number of primary amides is 1. The lowest BCUT2D eigenvalue weighted by atomic mass is 10.1. The quantitative estimate of drug-likeness (QED) is 0.418. The fraction of sp³-hybridized carbons (Fsp3) is 0.727. The molecular formula is C11H21N3O5. The number of hydrogen-bond acceptors (Lipinski definition) is 4. The topological polar surface area (TPSA) is 131 Å². The van der Waals surface area contributed by atoms with Gasteiger partial charge in [-0.2, -0.15) is 0 Å². The number of amides is 3. The van der Waals surface area contributed by atoms with E-state index in [9.17, 15) is 14.4 Å². The van der Waals surface area contributed by atoms with Crippen LogP contribution in [-0.4, -0.2) is 48.3 Å². The van der Waals surface area contributed by atoms with E-state index in [1.54, 1.807) is 0 Å². The molecule has 8 heteroatoms. The molecule has 0 aliphatic heterocycles. The van der Waals surface area contributed by atoms with Crippen molar-refractivity contribution in [3.8, 4) is 0 Å². The lowest BCUT2D eigenvalue weighted by molar-refractivity contribution is -0.139. The van der Waals surface area contributed by atoms with Gasteiger partial charge in [0.05, 0.1) is 12.7 Å². The van der Waals surface area contributed by atoms with Crippen LogP contribution in [0, 0.1) is 0 Å². The van der Waals surface area contributed by atoms with Crippen LogP contribution in [-0.2, 0) is 14.3 Å². The highest BCUT2D eigenvalue weighted by molar-refractivity contribution is 5.83. The Hall–Kier alpha value is -1.83. The summed E-state index contributed by atoms with van der Waals surface area (Å²) in [5.74, 6) is -1.83. The van der Waals surface area contributed by atoms with Gasteiger partial charge >= 0.3 is 12.0 Å². The van der Waals surface area contributed by atoms with E-state index < -0.39 is 23.9 Å². The first-order valence-corrected chi connectivity index (χ1v) is 6.00. The van der Waals surface area contributed by atoms with Gasteiger partial charge in [-0.1, -0.05) is 0 Å². The van der Waals surface area contributed by atoms with Crippen molar-refractivity contribution < 1.29 is 24.2 Å². The summed E-state index contributed by atoms with van der Waals surface area (Å²) in [5.41, 5.74) is 4.92. The fourth-order valence-corrected chi connectivity index (χ4v) is 1.21. The largest absolute Gasteiger partial charge is 0.480 e. The number of carbonyl (C=O) groups is 3. The Balaban J connectivity index is 3.96. The van der Waals surface area contributed by atoms with Crippen molar-refractivity contribution in [3.05, 3.63) is 0 Å². The van der Waals surface area contributed by atoms with E-state index in [1.807, 2.05) is 13.8 Å². The van der Waals surface area contributed by atoms with Crippen LogP contribution in [0.4, 0.5) is 4.79 Å². The molecule has 0 spiro atoms. The smallest absolute Gasteiger partial charge is 0.326 e. The number of nitrogens with one attached hydrogen (secondary N) is 2. The van der Waals surface area contributed by atoms with Gasteiger partial charge in [0.15, 0.2) is 0 Å². The molecular weight excluding hydrogens is 254 g/mol. The predicted octanol–water partition coefficient (Wildman–Crippen LogP) is -0.571. The summed E-state index contributed by atoms with van der Waals surface area (Å²) in [5, 5.41) is 13.6. The molecule has 8 nitrogen and oxygen atoms in total. The van der Waals surface area contributed by atoms with Crippen LogP contribution < -0.4 is 16.4 Å². The zero-order chi connectivity index (χ0) is 14.8. The SMILES string of the molecule is CC(C)OCCNC(=O)NC(CCC(N)=O)C(=O)O. The van der Waals surface area contributed by atoms with E-state index in [-0.39, 0.29) is 25.5 Å². The zero-order valence-corrected chi connectivity index (χ0v) is 11.1. The number of carboxylic acid groups (broad SMARTS) is 1. The van der Waals surface area contributed by atoms with Crippen LogP contribution >= 0.6 is 0 Å². The summed E-state index contributed by atoms with van der Waals surface area (Å²) in [6.45, 7) is 4.34. The molecule has 5 N–H and O–H groups in total. The summed E-state index contributed by atoms with van der Waals surface area (Å²) in [6.07, 6.45) is -0.0823. The normalized spacial score (nSPS) is 11.9. The number of ether oxygens (including phenoxy) is 1. The van der Waals surface area contributed by atoms with Gasteiger partial charge in [0.25, 0.3) is 0 Å². The third-order valence-electron chi connectivity index (χ3n) is 2.12. The molecule has 3 amide bonds. The molecule has 0 radical (unpaired) electrons. The number of urea groups is 1. The highest BCUT2D eigenvalue weighted by Crippen LogP contribution is 1.97.